The molecule has 0 saturated carbocycles. The number of benzene rings is 1. The number of likely N-dealkylation sites (tertiary alicyclic amines) is 1. The molecule has 1 amide bonds. The van der Waals surface area contributed by atoms with Gasteiger partial charge in [-0.3, -0.25) is 14.9 Å². The molecule has 6 heteroatoms. The van der Waals surface area contributed by atoms with Gasteiger partial charge in [0, 0.05) is 35.6 Å². The highest BCUT2D eigenvalue weighted by molar-refractivity contribution is 9.09. The molecule has 20 heavy (non-hydrogen) atoms. The molecule has 0 aromatic heterocycles. The lowest BCUT2D eigenvalue weighted by Crippen LogP contribution is -2.38. The van der Waals surface area contributed by atoms with E-state index >= 15 is 0 Å². The molecular formula is C14H17BrN2O3. The Balaban J connectivity index is 2.33. The first-order chi connectivity index (χ1) is 9.45. The lowest BCUT2D eigenvalue weighted by atomic mass is 10.0. The first kappa shape index (κ1) is 15.0. The Bertz CT molecular complexity index is 547. The maximum Gasteiger partial charge on any atom is 0.270 e. The summed E-state index contributed by atoms with van der Waals surface area (Å²) in [7, 11) is 0. The van der Waals surface area contributed by atoms with E-state index in [1.54, 1.807) is 13.0 Å². The van der Waals surface area contributed by atoms with E-state index in [9.17, 15) is 14.9 Å². The number of alkyl halides is 1. The molecule has 5 nitrogen and oxygen atoms in total. The summed E-state index contributed by atoms with van der Waals surface area (Å²) in [6.45, 7) is 4.64. The molecule has 1 saturated heterocycles. The number of nitrogens with zero attached hydrogens (tertiary/aromatic N) is 2. The van der Waals surface area contributed by atoms with Gasteiger partial charge in [0.15, 0.2) is 0 Å². The quantitative estimate of drug-likeness (QED) is 0.482. The second-order valence-electron chi connectivity index (χ2n) is 5.24. The van der Waals surface area contributed by atoms with Gasteiger partial charge in [-0.2, -0.15) is 0 Å². The summed E-state index contributed by atoms with van der Waals surface area (Å²) in [6.07, 6.45) is 0.968. The molecule has 1 aromatic rings. The summed E-state index contributed by atoms with van der Waals surface area (Å²) < 4.78 is 0. The van der Waals surface area contributed by atoms with Crippen molar-refractivity contribution in [3.8, 4) is 0 Å². The minimum absolute atomic E-state index is 0.0402. The third-order valence-electron chi connectivity index (χ3n) is 3.96. The molecule has 1 aromatic carbocycles. The molecule has 1 heterocycles. The van der Waals surface area contributed by atoms with Crippen LogP contribution in [0, 0.1) is 23.0 Å². The number of amides is 1. The summed E-state index contributed by atoms with van der Waals surface area (Å²) in [5.74, 6) is 0.331. The van der Waals surface area contributed by atoms with Crippen molar-refractivity contribution in [2.45, 2.75) is 26.3 Å². The number of nitro benzene ring substituents is 1. The van der Waals surface area contributed by atoms with Gasteiger partial charge in [0.25, 0.3) is 11.6 Å². The predicted octanol–water partition coefficient (Wildman–Crippen LogP) is 3.15. The van der Waals surface area contributed by atoms with Crippen LogP contribution in [-0.4, -0.2) is 33.6 Å². The fourth-order valence-electron chi connectivity index (χ4n) is 2.60. The Labute approximate surface area is 126 Å². The summed E-state index contributed by atoms with van der Waals surface area (Å²) >= 11 is 3.45. The van der Waals surface area contributed by atoms with Gasteiger partial charge >= 0.3 is 0 Å². The normalized spacial score (nSPS) is 22.1. The summed E-state index contributed by atoms with van der Waals surface area (Å²) in [5, 5.41) is 11.6. The van der Waals surface area contributed by atoms with E-state index < -0.39 is 4.92 Å². The lowest BCUT2D eigenvalue weighted by molar-refractivity contribution is -0.384. The standard InChI is InChI=1S/C14H17BrN2O3/c1-9-3-4-11(17(19)20)7-12(9)14(18)16-6-5-10(2)13(16)8-15/h3-4,7,10,13H,5-6,8H2,1-2H3. The van der Waals surface area contributed by atoms with Gasteiger partial charge in [-0.1, -0.05) is 28.9 Å². The van der Waals surface area contributed by atoms with Crippen LogP contribution in [0.25, 0.3) is 0 Å². The minimum Gasteiger partial charge on any atom is -0.335 e. The van der Waals surface area contributed by atoms with Crippen molar-refractivity contribution in [3.63, 3.8) is 0 Å². The van der Waals surface area contributed by atoms with Crippen molar-refractivity contribution in [2.24, 2.45) is 5.92 Å². The predicted molar refractivity (Wildman–Crippen MR) is 80.2 cm³/mol. The third-order valence-corrected chi connectivity index (χ3v) is 4.63. The van der Waals surface area contributed by atoms with Crippen molar-refractivity contribution in [1.29, 1.82) is 0 Å². The molecule has 108 valence electrons. The molecule has 2 unspecified atom stereocenters. The maximum atomic E-state index is 12.6. The van der Waals surface area contributed by atoms with Crippen LogP contribution in [0.3, 0.4) is 0 Å². The van der Waals surface area contributed by atoms with Crippen LogP contribution in [0.4, 0.5) is 5.69 Å². The van der Waals surface area contributed by atoms with E-state index in [1.165, 1.54) is 12.1 Å². The zero-order chi connectivity index (χ0) is 14.9. The van der Waals surface area contributed by atoms with E-state index in [4.69, 9.17) is 0 Å². The van der Waals surface area contributed by atoms with Crippen LogP contribution in [-0.2, 0) is 0 Å². The second kappa shape index (κ2) is 5.91. The first-order valence-electron chi connectivity index (χ1n) is 6.57. The molecule has 1 fully saturated rings. The molecule has 2 atom stereocenters. The Morgan fingerprint density at radius 2 is 2.25 bits per heavy atom. The molecule has 0 radical (unpaired) electrons. The molecule has 0 aliphatic carbocycles. The van der Waals surface area contributed by atoms with Gasteiger partial charge in [0.1, 0.15) is 0 Å². The number of halogens is 1. The van der Waals surface area contributed by atoms with Gasteiger partial charge in [-0.05, 0) is 24.8 Å². The van der Waals surface area contributed by atoms with Crippen LogP contribution < -0.4 is 0 Å². The van der Waals surface area contributed by atoms with Gasteiger partial charge in [-0.15, -0.1) is 0 Å². The van der Waals surface area contributed by atoms with Crippen molar-refractivity contribution in [2.75, 3.05) is 11.9 Å². The average Bonchev–Trinajstić information content (AvgIpc) is 2.79. The number of hydrogen-bond acceptors (Lipinski definition) is 3. The van der Waals surface area contributed by atoms with E-state index in [-0.39, 0.29) is 17.6 Å². The van der Waals surface area contributed by atoms with Crippen LogP contribution in [0.2, 0.25) is 0 Å². The van der Waals surface area contributed by atoms with Gasteiger partial charge < -0.3 is 4.90 Å². The fourth-order valence-corrected chi connectivity index (χ4v) is 3.59. The summed E-state index contributed by atoms with van der Waals surface area (Å²) in [4.78, 5) is 24.9. The van der Waals surface area contributed by atoms with Crippen LogP contribution >= 0.6 is 15.9 Å². The van der Waals surface area contributed by atoms with Crippen molar-refractivity contribution >= 4 is 27.5 Å². The minimum atomic E-state index is -0.467. The fraction of sp³-hybridized carbons (Fsp3) is 0.500. The number of rotatable bonds is 3. The van der Waals surface area contributed by atoms with Crippen molar-refractivity contribution in [3.05, 3.63) is 39.4 Å². The van der Waals surface area contributed by atoms with Crippen molar-refractivity contribution in [1.82, 2.24) is 4.90 Å². The molecular weight excluding hydrogens is 324 g/mol. The number of non-ortho nitro benzene ring substituents is 1. The van der Waals surface area contributed by atoms with Gasteiger partial charge in [-0.25, -0.2) is 0 Å². The zero-order valence-corrected chi connectivity index (χ0v) is 13.1. The highest BCUT2D eigenvalue weighted by Crippen LogP contribution is 2.28. The van der Waals surface area contributed by atoms with E-state index in [1.807, 2.05) is 4.90 Å². The Morgan fingerprint density at radius 3 is 2.85 bits per heavy atom. The van der Waals surface area contributed by atoms with E-state index in [0.717, 1.165) is 17.3 Å². The lowest BCUT2D eigenvalue weighted by Gasteiger charge is -2.25. The molecule has 1 aliphatic rings. The summed E-state index contributed by atoms with van der Waals surface area (Å²) in [5.41, 5.74) is 1.16. The highest BCUT2D eigenvalue weighted by atomic mass is 79.9. The third kappa shape index (κ3) is 2.70. The summed E-state index contributed by atoms with van der Waals surface area (Å²) in [6, 6.07) is 4.60. The van der Waals surface area contributed by atoms with Crippen LogP contribution in [0.5, 0.6) is 0 Å². The van der Waals surface area contributed by atoms with E-state index in [2.05, 4.69) is 22.9 Å². The first-order valence-corrected chi connectivity index (χ1v) is 7.69. The van der Waals surface area contributed by atoms with Crippen molar-refractivity contribution < 1.29 is 9.72 Å². The van der Waals surface area contributed by atoms with Crippen LogP contribution in [0.1, 0.15) is 29.3 Å². The Hall–Kier alpha value is -1.43. The highest BCUT2D eigenvalue weighted by Gasteiger charge is 2.34. The Morgan fingerprint density at radius 1 is 1.55 bits per heavy atom. The van der Waals surface area contributed by atoms with Crippen LogP contribution in [0.15, 0.2) is 18.2 Å². The molecule has 0 bridgehead atoms. The zero-order valence-electron chi connectivity index (χ0n) is 11.5. The molecule has 0 spiro atoms. The monoisotopic (exact) mass is 340 g/mol. The largest absolute Gasteiger partial charge is 0.335 e. The number of carbonyl (C=O) groups excluding carboxylic acids is 1. The molecule has 2 rings (SSSR count). The SMILES string of the molecule is Cc1ccc([N+](=O)[O-])cc1C(=O)N1CCC(C)C1CBr. The number of hydrogen-bond donors (Lipinski definition) is 0. The van der Waals surface area contributed by atoms with E-state index in [0.29, 0.717) is 18.0 Å². The topological polar surface area (TPSA) is 63.5 Å². The van der Waals surface area contributed by atoms with Gasteiger partial charge in [0.2, 0.25) is 0 Å². The molecule has 1 aliphatic heterocycles. The number of aryl methyl sites for hydroxylation is 1. The second-order valence-corrected chi connectivity index (χ2v) is 5.89. The maximum absolute atomic E-state index is 12.6. The van der Waals surface area contributed by atoms with Gasteiger partial charge in [0.05, 0.1) is 4.92 Å². The average molecular weight is 341 g/mol. The smallest absolute Gasteiger partial charge is 0.270 e. The number of nitro groups is 1. The number of carbonyl (C=O) groups is 1. The molecule has 0 N–H and O–H groups in total. The Kier molecular flexibility index (Phi) is 4.42.